The Hall–Kier alpha value is -3.82. The van der Waals surface area contributed by atoms with Gasteiger partial charge in [-0.15, -0.1) is 0 Å². The minimum Gasteiger partial charge on any atom is -0.368 e. The average molecular weight is 539 g/mol. The van der Waals surface area contributed by atoms with E-state index in [1.165, 1.54) is 5.56 Å². The predicted molar refractivity (Wildman–Crippen MR) is 149 cm³/mol. The van der Waals surface area contributed by atoms with Crippen molar-refractivity contribution in [2.24, 2.45) is 0 Å². The Morgan fingerprint density at radius 1 is 0.944 bits per heavy atom. The van der Waals surface area contributed by atoms with Crippen LogP contribution in [0.15, 0.2) is 88.9 Å². The maximum absolute atomic E-state index is 13.4. The SMILES string of the molecule is Cc1c(/C=C(/C#N)C(=O)N2CCN(c3ccccc3)CC2)c2ccccc2n1Cc1ccc(Br)cc1. The van der Waals surface area contributed by atoms with Gasteiger partial charge in [0.1, 0.15) is 11.6 Å². The van der Waals surface area contributed by atoms with E-state index in [4.69, 9.17) is 0 Å². The third kappa shape index (κ3) is 4.80. The number of rotatable bonds is 5. The van der Waals surface area contributed by atoms with E-state index >= 15 is 0 Å². The molecule has 36 heavy (non-hydrogen) atoms. The minimum absolute atomic E-state index is 0.179. The highest BCUT2D eigenvalue weighted by atomic mass is 79.9. The van der Waals surface area contributed by atoms with E-state index in [9.17, 15) is 10.1 Å². The zero-order chi connectivity index (χ0) is 25.1. The van der Waals surface area contributed by atoms with Crippen molar-refractivity contribution in [2.75, 3.05) is 31.1 Å². The number of aromatic nitrogens is 1. The molecule has 5 nitrogen and oxygen atoms in total. The number of amides is 1. The second kappa shape index (κ2) is 10.4. The number of hydrogen-bond donors (Lipinski definition) is 0. The van der Waals surface area contributed by atoms with Crippen molar-refractivity contribution in [1.82, 2.24) is 9.47 Å². The first-order valence-electron chi connectivity index (χ1n) is 12.1. The van der Waals surface area contributed by atoms with Gasteiger partial charge in [0.2, 0.25) is 0 Å². The van der Waals surface area contributed by atoms with Crippen LogP contribution in [0.3, 0.4) is 0 Å². The second-order valence-electron chi connectivity index (χ2n) is 9.01. The van der Waals surface area contributed by atoms with E-state index in [-0.39, 0.29) is 11.5 Å². The van der Waals surface area contributed by atoms with Gasteiger partial charge in [-0.1, -0.05) is 64.5 Å². The van der Waals surface area contributed by atoms with E-state index in [2.05, 4.69) is 74.8 Å². The van der Waals surface area contributed by atoms with Crippen molar-refractivity contribution >= 4 is 44.5 Å². The van der Waals surface area contributed by atoms with Gasteiger partial charge in [-0.2, -0.15) is 5.26 Å². The molecule has 0 bridgehead atoms. The molecule has 0 N–H and O–H groups in total. The molecule has 0 radical (unpaired) electrons. The van der Waals surface area contributed by atoms with Crippen molar-refractivity contribution in [3.05, 3.63) is 106 Å². The summed E-state index contributed by atoms with van der Waals surface area (Å²) in [5, 5.41) is 11.0. The van der Waals surface area contributed by atoms with Gasteiger partial charge in [0.15, 0.2) is 0 Å². The van der Waals surface area contributed by atoms with Crippen molar-refractivity contribution in [2.45, 2.75) is 13.5 Å². The van der Waals surface area contributed by atoms with Gasteiger partial charge in [0.25, 0.3) is 5.91 Å². The summed E-state index contributed by atoms with van der Waals surface area (Å²) in [7, 11) is 0. The van der Waals surface area contributed by atoms with Crippen molar-refractivity contribution in [1.29, 1.82) is 5.26 Å². The molecular formula is C30H27BrN4O. The van der Waals surface area contributed by atoms with Gasteiger partial charge in [0, 0.05) is 65.0 Å². The number of anilines is 1. The number of halogens is 1. The zero-order valence-corrected chi connectivity index (χ0v) is 21.8. The average Bonchev–Trinajstić information content (AvgIpc) is 3.19. The molecule has 2 heterocycles. The highest BCUT2D eigenvalue weighted by Gasteiger charge is 2.24. The lowest BCUT2D eigenvalue weighted by atomic mass is 10.1. The van der Waals surface area contributed by atoms with Gasteiger partial charge in [-0.3, -0.25) is 4.79 Å². The highest BCUT2D eigenvalue weighted by molar-refractivity contribution is 9.10. The Morgan fingerprint density at radius 3 is 2.31 bits per heavy atom. The summed E-state index contributed by atoms with van der Waals surface area (Å²) in [4.78, 5) is 17.4. The number of carbonyl (C=O) groups is 1. The maximum Gasteiger partial charge on any atom is 0.264 e. The van der Waals surface area contributed by atoms with Crippen LogP contribution in [0.2, 0.25) is 0 Å². The monoisotopic (exact) mass is 538 g/mol. The van der Waals surface area contributed by atoms with Crippen molar-refractivity contribution in [3.8, 4) is 6.07 Å². The van der Waals surface area contributed by atoms with Gasteiger partial charge in [-0.25, -0.2) is 0 Å². The molecule has 1 aliphatic heterocycles. The van der Waals surface area contributed by atoms with Gasteiger partial charge in [-0.05, 0) is 48.9 Å². The number of hydrogen-bond acceptors (Lipinski definition) is 3. The van der Waals surface area contributed by atoms with Gasteiger partial charge in [0.05, 0.1) is 0 Å². The number of carbonyl (C=O) groups excluding carboxylic acids is 1. The summed E-state index contributed by atoms with van der Waals surface area (Å²) in [5.41, 5.74) is 5.58. The van der Waals surface area contributed by atoms with E-state index in [0.29, 0.717) is 19.6 Å². The molecule has 3 aromatic carbocycles. The molecule has 0 aliphatic carbocycles. The molecule has 0 spiro atoms. The first-order valence-corrected chi connectivity index (χ1v) is 12.9. The van der Waals surface area contributed by atoms with E-state index in [1.807, 2.05) is 42.5 Å². The third-order valence-electron chi connectivity index (χ3n) is 6.86. The molecule has 5 rings (SSSR count). The van der Waals surface area contributed by atoms with Crippen LogP contribution >= 0.6 is 15.9 Å². The number of piperazine rings is 1. The molecule has 0 atom stereocenters. The number of benzene rings is 3. The standard InChI is InChI=1S/C30H27BrN4O/c1-22-28(27-9-5-6-10-29(27)35(22)21-23-11-13-25(31)14-12-23)19-24(20-32)30(36)34-17-15-33(16-18-34)26-7-3-2-4-8-26/h2-14,19H,15-18,21H2,1H3/b24-19-. The van der Waals surface area contributed by atoms with Crippen LogP contribution in [0.1, 0.15) is 16.8 Å². The van der Waals surface area contributed by atoms with Crippen LogP contribution in [0, 0.1) is 18.3 Å². The quantitative estimate of drug-likeness (QED) is 0.230. The first kappa shape index (κ1) is 23.9. The van der Waals surface area contributed by atoms with E-state index in [1.54, 1.807) is 11.0 Å². The summed E-state index contributed by atoms with van der Waals surface area (Å²) >= 11 is 3.50. The molecular weight excluding hydrogens is 512 g/mol. The number of nitriles is 1. The molecule has 4 aromatic rings. The molecule has 6 heteroatoms. The predicted octanol–water partition coefficient (Wildman–Crippen LogP) is 6.02. The molecule has 1 aromatic heterocycles. The Bertz CT molecular complexity index is 1460. The third-order valence-corrected chi connectivity index (χ3v) is 7.39. The normalized spacial score (nSPS) is 14.2. The Balaban J connectivity index is 1.41. The van der Waals surface area contributed by atoms with Crippen LogP contribution in [0.5, 0.6) is 0 Å². The highest BCUT2D eigenvalue weighted by Crippen LogP contribution is 2.29. The Labute approximate surface area is 220 Å². The number of para-hydroxylation sites is 2. The van der Waals surface area contributed by atoms with Crippen LogP contribution in [-0.2, 0) is 11.3 Å². The molecule has 0 unspecified atom stereocenters. The first-order chi connectivity index (χ1) is 17.5. The van der Waals surface area contributed by atoms with Gasteiger partial charge < -0.3 is 14.4 Å². The molecule has 1 aliphatic rings. The van der Waals surface area contributed by atoms with Crippen LogP contribution < -0.4 is 4.90 Å². The summed E-state index contributed by atoms with van der Waals surface area (Å²) in [6.07, 6.45) is 1.78. The molecule has 0 saturated carbocycles. The van der Waals surface area contributed by atoms with Crippen LogP contribution in [-0.4, -0.2) is 41.6 Å². The maximum atomic E-state index is 13.4. The van der Waals surface area contributed by atoms with Gasteiger partial charge >= 0.3 is 0 Å². The Kier molecular flexibility index (Phi) is 6.92. The summed E-state index contributed by atoms with van der Waals surface area (Å²) in [6, 6.07) is 28.9. The fraction of sp³-hybridized carbons (Fsp3) is 0.200. The van der Waals surface area contributed by atoms with E-state index in [0.717, 1.165) is 45.4 Å². The van der Waals surface area contributed by atoms with Crippen molar-refractivity contribution < 1.29 is 4.79 Å². The minimum atomic E-state index is -0.200. The largest absolute Gasteiger partial charge is 0.368 e. The number of fused-ring (bicyclic) bond motifs is 1. The summed E-state index contributed by atoms with van der Waals surface area (Å²) in [6.45, 7) is 5.46. The fourth-order valence-corrected chi connectivity index (χ4v) is 5.14. The number of nitrogens with zero attached hydrogens (tertiary/aromatic N) is 4. The second-order valence-corrected chi connectivity index (χ2v) is 9.93. The summed E-state index contributed by atoms with van der Waals surface area (Å²) < 4.78 is 3.30. The molecule has 180 valence electrons. The van der Waals surface area contributed by atoms with Crippen LogP contribution in [0.25, 0.3) is 17.0 Å². The molecule has 1 amide bonds. The fourth-order valence-electron chi connectivity index (χ4n) is 4.88. The Morgan fingerprint density at radius 2 is 1.61 bits per heavy atom. The lowest BCUT2D eigenvalue weighted by molar-refractivity contribution is -0.126. The summed E-state index contributed by atoms with van der Waals surface area (Å²) in [5.74, 6) is -0.200. The molecule has 1 saturated heterocycles. The van der Waals surface area contributed by atoms with Crippen LogP contribution in [0.4, 0.5) is 5.69 Å². The topological polar surface area (TPSA) is 52.3 Å². The lowest BCUT2D eigenvalue weighted by Crippen LogP contribution is -2.49. The smallest absolute Gasteiger partial charge is 0.264 e. The van der Waals surface area contributed by atoms with Crippen molar-refractivity contribution in [3.63, 3.8) is 0 Å². The molecule has 1 fully saturated rings. The zero-order valence-electron chi connectivity index (χ0n) is 20.2. The van der Waals surface area contributed by atoms with E-state index < -0.39 is 0 Å². The lowest BCUT2D eigenvalue weighted by Gasteiger charge is -2.36.